The minimum Gasteiger partial charge on any atom is -0.329 e. The third kappa shape index (κ3) is 2.26. The lowest BCUT2D eigenvalue weighted by Gasteiger charge is -2.09. The fourth-order valence-corrected chi connectivity index (χ4v) is 5.49. The summed E-state index contributed by atoms with van der Waals surface area (Å²) in [4.78, 5) is 0.304. The van der Waals surface area contributed by atoms with Crippen LogP contribution in [0.25, 0.3) is 0 Å². The molecule has 22 heavy (non-hydrogen) atoms. The van der Waals surface area contributed by atoms with Crippen LogP contribution in [-0.4, -0.2) is 25.8 Å². The van der Waals surface area contributed by atoms with Crippen LogP contribution in [0.2, 0.25) is 0 Å². The summed E-state index contributed by atoms with van der Waals surface area (Å²) in [6.07, 6.45) is 0. The van der Waals surface area contributed by atoms with Gasteiger partial charge in [-0.3, -0.25) is 0 Å². The maximum atomic E-state index is 12.9. The second-order valence-electron chi connectivity index (χ2n) is 5.98. The van der Waals surface area contributed by atoms with Crippen LogP contribution >= 0.6 is 0 Å². The number of benzene rings is 2. The fourth-order valence-electron chi connectivity index (χ4n) is 3.15. The molecule has 5 heteroatoms. The van der Waals surface area contributed by atoms with E-state index in [2.05, 4.69) is 0 Å². The molecule has 0 bridgehead atoms. The lowest BCUT2D eigenvalue weighted by atomic mass is 10.1. The average Bonchev–Trinajstić information content (AvgIpc) is 3.17. The Morgan fingerprint density at radius 1 is 1.05 bits per heavy atom. The predicted octanol–water partition coefficient (Wildman–Crippen LogP) is 1.59. The minimum absolute atomic E-state index is 0.141. The van der Waals surface area contributed by atoms with Crippen molar-refractivity contribution in [3.63, 3.8) is 0 Å². The molecule has 2 aromatic rings. The summed E-state index contributed by atoms with van der Waals surface area (Å²) >= 11 is 0. The van der Waals surface area contributed by atoms with E-state index >= 15 is 0 Å². The van der Waals surface area contributed by atoms with Gasteiger partial charge in [-0.2, -0.15) is 0 Å². The molecule has 0 heterocycles. The standard InChI is InChI=1S/C17H20N2O2S/c1-12-7-9-13(10-8-12)15-16(17(15,19)11-18)22(20,21)14-5-3-2-4-6-14/h2-10,15-16H,11,18-19H2,1H3/t15-,16-,17+/m0/s1. The molecule has 1 saturated carbocycles. The molecule has 2 aromatic carbocycles. The van der Waals surface area contributed by atoms with Crippen LogP contribution in [0.15, 0.2) is 59.5 Å². The Hall–Kier alpha value is -1.69. The number of hydrogen-bond donors (Lipinski definition) is 2. The number of nitrogens with two attached hydrogens (primary N) is 2. The second kappa shape index (κ2) is 5.19. The SMILES string of the molecule is Cc1ccc([C@H]2[C@H](S(=O)(=O)c3ccccc3)[C@@]2(N)CN)cc1. The van der Waals surface area contributed by atoms with Gasteiger partial charge in [0.15, 0.2) is 9.84 Å². The Morgan fingerprint density at radius 3 is 2.18 bits per heavy atom. The lowest BCUT2D eigenvalue weighted by Crippen LogP contribution is -2.39. The molecule has 1 aliphatic carbocycles. The number of aryl methyl sites for hydroxylation is 1. The van der Waals surface area contributed by atoms with E-state index in [1.54, 1.807) is 30.3 Å². The summed E-state index contributed by atoms with van der Waals surface area (Å²) in [5, 5.41) is -0.671. The van der Waals surface area contributed by atoms with Crippen molar-refractivity contribution in [1.29, 1.82) is 0 Å². The Balaban J connectivity index is 2.02. The average molecular weight is 316 g/mol. The van der Waals surface area contributed by atoms with Crippen LogP contribution in [-0.2, 0) is 9.84 Å². The maximum Gasteiger partial charge on any atom is 0.183 e. The first-order chi connectivity index (χ1) is 10.4. The van der Waals surface area contributed by atoms with E-state index in [1.165, 1.54) is 0 Å². The number of rotatable bonds is 4. The van der Waals surface area contributed by atoms with Crippen LogP contribution in [0, 0.1) is 6.92 Å². The Morgan fingerprint density at radius 2 is 1.64 bits per heavy atom. The van der Waals surface area contributed by atoms with Crippen molar-refractivity contribution < 1.29 is 8.42 Å². The van der Waals surface area contributed by atoms with Gasteiger partial charge < -0.3 is 11.5 Å². The summed E-state index contributed by atoms with van der Waals surface area (Å²) in [6.45, 7) is 2.13. The highest BCUT2D eigenvalue weighted by molar-refractivity contribution is 7.92. The molecule has 0 amide bonds. The maximum absolute atomic E-state index is 12.9. The first-order valence-electron chi connectivity index (χ1n) is 7.26. The van der Waals surface area contributed by atoms with Crippen LogP contribution < -0.4 is 11.5 Å². The largest absolute Gasteiger partial charge is 0.329 e. The topological polar surface area (TPSA) is 86.2 Å². The summed E-state index contributed by atoms with van der Waals surface area (Å²) in [5.74, 6) is -0.261. The zero-order valence-electron chi connectivity index (χ0n) is 12.4. The van der Waals surface area contributed by atoms with E-state index in [0.717, 1.165) is 11.1 Å². The van der Waals surface area contributed by atoms with Gasteiger partial charge in [-0.05, 0) is 24.6 Å². The van der Waals surface area contributed by atoms with Crippen molar-refractivity contribution in [2.24, 2.45) is 11.5 Å². The highest BCUT2D eigenvalue weighted by atomic mass is 32.2. The van der Waals surface area contributed by atoms with E-state index in [4.69, 9.17) is 11.5 Å². The van der Waals surface area contributed by atoms with Crippen molar-refractivity contribution >= 4 is 9.84 Å². The molecule has 3 rings (SSSR count). The molecule has 0 aliphatic heterocycles. The second-order valence-corrected chi connectivity index (χ2v) is 8.05. The van der Waals surface area contributed by atoms with Gasteiger partial charge in [0.05, 0.1) is 15.7 Å². The lowest BCUT2D eigenvalue weighted by molar-refractivity contribution is 0.586. The Bertz CT molecular complexity index is 772. The predicted molar refractivity (Wildman–Crippen MR) is 87.3 cm³/mol. The van der Waals surface area contributed by atoms with Gasteiger partial charge >= 0.3 is 0 Å². The Labute approximate surface area is 131 Å². The fraction of sp³-hybridized carbons (Fsp3) is 0.294. The normalized spacial score (nSPS) is 27.6. The summed E-state index contributed by atoms with van der Waals surface area (Å²) in [5.41, 5.74) is 13.3. The third-order valence-corrected chi connectivity index (χ3v) is 6.81. The van der Waals surface area contributed by atoms with Crippen LogP contribution in [0.1, 0.15) is 17.0 Å². The van der Waals surface area contributed by atoms with Gasteiger partial charge in [-0.1, -0.05) is 48.0 Å². The zero-order chi connectivity index (χ0) is 16.0. The molecule has 0 unspecified atom stereocenters. The molecule has 0 saturated heterocycles. The molecule has 4 nitrogen and oxygen atoms in total. The highest BCUT2D eigenvalue weighted by Crippen LogP contribution is 2.55. The molecule has 0 spiro atoms. The van der Waals surface area contributed by atoms with Crippen LogP contribution in [0.5, 0.6) is 0 Å². The molecule has 3 atom stereocenters. The first kappa shape index (κ1) is 15.2. The molecule has 0 aromatic heterocycles. The smallest absolute Gasteiger partial charge is 0.183 e. The van der Waals surface area contributed by atoms with Crippen molar-refractivity contribution in [3.05, 3.63) is 65.7 Å². The van der Waals surface area contributed by atoms with Crippen molar-refractivity contribution in [2.75, 3.05) is 6.54 Å². The van der Waals surface area contributed by atoms with E-state index in [-0.39, 0.29) is 12.5 Å². The van der Waals surface area contributed by atoms with E-state index in [0.29, 0.717) is 4.90 Å². The monoisotopic (exact) mass is 316 g/mol. The zero-order valence-corrected chi connectivity index (χ0v) is 13.3. The van der Waals surface area contributed by atoms with Crippen molar-refractivity contribution in [2.45, 2.75) is 28.5 Å². The summed E-state index contributed by atoms with van der Waals surface area (Å²) in [6, 6.07) is 16.3. The van der Waals surface area contributed by atoms with Gasteiger partial charge in [0.1, 0.15) is 0 Å². The van der Waals surface area contributed by atoms with Crippen molar-refractivity contribution in [1.82, 2.24) is 0 Å². The quantitative estimate of drug-likeness (QED) is 0.897. The van der Waals surface area contributed by atoms with Crippen LogP contribution in [0.4, 0.5) is 0 Å². The van der Waals surface area contributed by atoms with E-state index < -0.39 is 20.6 Å². The van der Waals surface area contributed by atoms with Crippen LogP contribution in [0.3, 0.4) is 0 Å². The van der Waals surface area contributed by atoms with Gasteiger partial charge in [0.2, 0.25) is 0 Å². The third-order valence-electron chi connectivity index (χ3n) is 4.50. The van der Waals surface area contributed by atoms with Gasteiger partial charge in [-0.25, -0.2) is 8.42 Å². The molecule has 1 fully saturated rings. The van der Waals surface area contributed by atoms with E-state index in [1.807, 2.05) is 31.2 Å². The van der Waals surface area contributed by atoms with Gasteiger partial charge in [0.25, 0.3) is 0 Å². The summed E-state index contributed by atoms with van der Waals surface area (Å²) < 4.78 is 25.8. The number of sulfone groups is 1. The molecule has 1 aliphatic rings. The molecule has 4 N–H and O–H groups in total. The first-order valence-corrected chi connectivity index (χ1v) is 8.80. The summed E-state index contributed by atoms with van der Waals surface area (Å²) in [7, 11) is -3.50. The number of hydrogen-bond acceptors (Lipinski definition) is 4. The van der Waals surface area contributed by atoms with Gasteiger partial charge in [0, 0.05) is 12.5 Å². The van der Waals surface area contributed by atoms with E-state index in [9.17, 15) is 8.42 Å². The molecule has 116 valence electrons. The minimum atomic E-state index is -3.50. The molecular formula is C17H20N2O2S. The van der Waals surface area contributed by atoms with Gasteiger partial charge in [-0.15, -0.1) is 0 Å². The molecule has 0 radical (unpaired) electrons. The Kier molecular flexibility index (Phi) is 3.59. The highest BCUT2D eigenvalue weighted by Gasteiger charge is 2.68. The molecular weight excluding hydrogens is 296 g/mol. The van der Waals surface area contributed by atoms with Crippen molar-refractivity contribution in [3.8, 4) is 0 Å².